The summed E-state index contributed by atoms with van der Waals surface area (Å²) >= 11 is 1.65. The number of hydrazine groups is 1. The first kappa shape index (κ1) is 12.8. The summed E-state index contributed by atoms with van der Waals surface area (Å²) in [5.74, 6) is 8.05. The molecule has 0 fully saturated rings. The van der Waals surface area contributed by atoms with Gasteiger partial charge in [-0.3, -0.25) is 10.2 Å². The van der Waals surface area contributed by atoms with Crippen LogP contribution in [0.1, 0.15) is 27.6 Å². The number of carbonyl (C=O) groups is 1. The fourth-order valence-electron chi connectivity index (χ4n) is 1.56. The highest BCUT2D eigenvalue weighted by atomic mass is 32.2. The van der Waals surface area contributed by atoms with Crippen molar-refractivity contribution in [2.24, 2.45) is 5.84 Å². The minimum atomic E-state index is -0.408. The molecule has 0 saturated carbocycles. The van der Waals surface area contributed by atoms with Gasteiger partial charge in [0.1, 0.15) is 11.5 Å². The lowest BCUT2D eigenvalue weighted by Gasteiger charge is -1.97. The molecule has 0 aliphatic carbocycles. The Morgan fingerprint density at radius 2 is 2.22 bits per heavy atom. The quantitative estimate of drug-likeness (QED) is 0.492. The van der Waals surface area contributed by atoms with Crippen LogP contribution in [0.25, 0.3) is 0 Å². The van der Waals surface area contributed by atoms with Gasteiger partial charge in [0.25, 0.3) is 0 Å². The molecule has 0 aliphatic heterocycles. The van der Waals surface area contributed by atoms with E-state index in [1.54, 1.807) is 18.0 Å². The van der Waals surface area contributed by atoms with Crippen LogP contribution in [0.5, 0.6) is 0 Å². The molecule has 18 heavy (non-hydrogen) atoms. The van der Waals surface area contributed by atoms with Gasteiger partial charge in [0.2, 0.25) is 0 Å². The molecule has 96 valence electrons. The van der Waals surface area contributed by atoms with Gasteiger partial charge in [-0.1, -0.05) is 0 Å². The van der Waals surface area contributed by atoms with E-state index in [2.05, 4.69) is 5.43 Å². The van der Waals surface area contributed by atoms with Crippen molar-refractivity contribution in [3.8, 4) is 0 Å². The summed E-state index contributed by atoms with van der Waals surface area (Å²) < 4.78 is 10.7. The van der Waals surface area contributed by atoms with Crippen molar-refractivity contribution in [2.45, 2.75) is 18.4 Å². The van der Waals surface area contributed by atoms with Crippen molar-refractivity contribution < 1.29 is 13.6 Å². The van der Waals surface area contributed by atoms with Crippen molar-refractivity contribution in [3.63, 3.8) is 0 Å². The largest absolute Gasteiger partial charge is 0.468 e. The minimum Gasteiger partial charge on any atom is -0.468 e. The van der Waals surface area contributed by atoms with Gasteiger partial charge in [-0.2, -0.15) is 0 Å². The van der Waals surface area contributed by atoms with Gasteiger partial charge in [0.05, 0.1) is 17.8 Å². The van der Waals surface area contributed by atoms with E-state index >= 15 is 0 Å². The summed E-state index contributed by atoms with van der Waals surface area (Å²) in [4.78, 5) is 11.4. The predicted molar refractivity (Wildman–Crippen MR) is 68.8 cm³/mol. The topological polar surface area (TPSA) is 81.4 Å². The molecular formula is C12H14N2O3S. The zero-order valence-electron chi connectivity index (χ0n) is 9.93. The Hall–Kier alpha value is -1.66. The molecule has 0 saturated heterocycles. The summed E-state index contributed by atoms with van der Waals surface area (Å²) in [7, 11) is 0. The number of carbonyl (C=O) groups excluding carboxylic acids is 1. The molecule has 2 aromatic rings. The number of nitrogens with two attached hydrogens (primary N) is 1. The Morgan fingerprint density at radius 3 is 2.89 bits per heavy atom. The maximum absolute atomic E-state index is 11.4. The molecule has 2 aromatic heterocycles. The number of amides is 1. The second-order valence-corrected chi connectivity index (χ2v) is 4.76. The molecule has 0 spiro atoms. The molecule has 5 nitrogen and oxygen atoms in total. The van der Waals surface area contributed by atoms with Crippen LogP contribution in [-0.4, -0.2) is 5.91 Å². The number of hydrogen-bond donors (Lipinski definition) is 2. The van der Waals surface area contributed by atoms with E-state index in [9.17, 15) is 4.79 Å². The van der Waals surface area contributed by atoms with Crippen molar-refractivity contribution in [2.75, 3.05) is 0 Å². The van der Waals surface area contributed by atoms with Gasteiger partial charge in [-0.05, 0) is 25.1 Å². The lowest BCUT2D eigenvalue weighted by molar-refractivity contribution is 0.0923. The Morgan fingerprint density at radius 1 is 1.44 bits per heavy atom. The number of rotatable bonds is 5. The predicted octanol–water partition coefficient (Wildman–Crippen LogP) is 2.22. The minimum absolute atomic E-state index is 0.270. The fourth-order valence-corrected chi connectivity index (χ4v) is 2.37. The molecule has 0 aromatic carbocycles. The third-order valence-corrected chi connectivity index (χ3v) is 3.35. The van der Waals surface area contributed by atoms with Gasteiger partial charge in [0, 0.05) is 5.56 Å². The molecule has 3 N–H and O–H groups in total. The van der Waals surface area contributed by atoms with Crippen molar-refractivity contribution in [3.05, 3.63) is 47.3 Å². The summed E-state index contributed by atoms with van der Waals surface area (Å²) in [5, 5.41) is 0. The van der Waals surface area contributed by atoms with E-state index in [4.69, 9.17) is 14.7 Å². The maximum atomic E-state index is 11.4. The number of nitrogens with one attached hydrogen (secondary N) is 1. The number of thioether (sulfide) groups is 1. The van der Waals surface area contributed by atoms with Crippen LogP contribution in [-0.2, 0) is 11.5 Å². The number of aryl methyl sites for hydroxylation is 1. The van der Waals surface area contributed by atoms with Crippen LogP contribution in [0.4, 0.5) is 0 Å². The molecule has 6 heteroatoms. The highest BCUT2D eigenvalue weighted by Crippen LogP contribution is 2.22. The molecule has 2 rings (SSSR count). The first-order chi connectivity index (χ1) is 8.70. The Labute approximate surface area is 109 Å². The lowest BCUT2D eigenvalue weighted by Crippen LogP contribution is -2.30. The first-order valence-electron chi connectivity index (χ1n) is 5.41. The van der Waals surface area contributed by atoms with Crippen LogP contribution >= 0.6 is 11.8 Å². The zero-order valence-corrected chi connectivity index (χ0v) is 10.8. The number of nitrogen functional groups attached to an aromatic ring is 1. The van der Waals surface area contributed by atoms with Crippen molar-refractivity contribution >= 4 is 17.7 Å². The smallest absolute Gasteiger partial charge is 0.301 e. The van der Waals surface area contributed by atoms with Crippen LogP contribution < -0.4 is 11.3 Å². The average molecular weight is 266 g/mol. The Balaban J connectivity index is 1.92. The molecule has 0 atom stereocenters. The molecule has 2 heterocycles. The molecule has 1 amide bonds. The summed E-state index contributed by atoms with van der Waals surface area (Å²) in [5.41, 5.74) is 2.84. The lowest BCUT2D eigenvalue weighted by atomic mass is 10.2. The van der Waals surface area contributed by atoms with Crippen molar-refractivity contribution in [1.29, 1.82) is 0 Å². The van der Waals surface area contributed by atoms with Gasteiger partial charge in [-0.25, -0.2) is 5.84 Å². The normalized spacial score (nSPS) is 10.6. The Kier molecular flexibility index (Phi) is 4.11. The number of furan rings is 2. The van der Waals surface area contributed by atoms with E-state index in [-0.39, 0.29) is 5.76 Å². The van der Waals surface area contributed by atoms with Gasteiger partial charge < -0.3 is 8.83 Å². The van der Waals surface area contributed by atoms with E-state index < -0.39 is 5.91 Å². The highest BCUT2D eigenvalue weighted by Gasteiger charge is 2.14. The van der Waals surface area contributed by atoms with Crippen LogP contribution in [0, 0.1) is 6.92 Å². The van der Waals surface area contributed by atoms with Gasteiger partial charge in [0.15, 0.2) is 5.76 Å². The molecule has 0 bridgehead atoms. The van der Waals surface area contributed by atoms with Crippen LogP contribution in [0.2, 0.25) is 0 Å². The van der Waals surface area contributed by atoms with E-state index in [0.717, 1.165) is 22.8 Å². The van der Waals surface area contributed by atoms with Crippen LogP contribution in [0.15, 0.2) is 33.3 Å². The third kappa shape index (κ3) is 2.96. The summed E-state index contributed by atoms with van der Waals surface area (Å²) in [6.07, 6.45) is 1.65. The molecule has 0 unspecified atom stereocenters. The van der Waals surface area contributed by atoms with E-state index in [1.807, 2.05) is 25.1 Å². The molecule has 0 aliphatic rings. The van der Waals surface area contributed by atoms with Gasteiger partial charge >= 0.3 is 5.91 Å². The first-order valence-corrected chi connectivity index (χ1v) is 6.56. The second kappa shape index (κ2) is 5.79. The van der Waals surface area contributed by atoms with E-state index in [0.29, 0.717) is 5.75 Å². The maximum Gasteiger partial charge on any atom is 0.301 e. The summed E-state index contributed by atoms with van der Waals surface area (Å²) in [6.45, 7) is 1.81. The standard InChI is InChI=1S/C12H14N2O3S/c1-8-5-10(17-11(8)12(15)14-13)7-18-6-9-3-2-4-16-9/h2-5H,6-7,13H2,1H3,(H,14,15). The molecule has 0 radical (unpaired) electrons. The molecular weight excluding hydrogens is 252 g/mol. The monoisotopic (exact) mass is 266 g/mol. The summed E-state index contributed by atoms with van der Waals surface area (Å²) in [6, 6.07) is 5.63. The second-order valence-electron chi connectivity index (χ2n) is 3.77. The number of hydrogen-bond acceptors (Lipinski definition) is 5. The van der Waals surface area contributed by atoms with Crippen molar-refractivity contribution in [1.82, 2.24) is 5.43 Å². The zero-order chi connectivity index (χ0) is 13.0. The SMILES string of the molecule is Cc1cc(CSCc2ccco2)oc1C(=O)NN. The van der Waals surface area contributed by atoms with Gasteiger partial charge in [-0.15, -0.1) is 11.8 Å². The average Bonchev–Trinajstić information content (AvgIpc) is 2.98. The van der Waals surface area contributed by atoms with Crippen LogP contribution in [0.3, 0.4) is 0 Å². The fraction of sp³-hybridized carbons (Fsp3) is 0.250. The Bertz CT molecular complexity index is 519. The highest BCUT2D eigenvalue weighted by molar-refractivity contribution is 7.97. The third-order valence-electron chi connectivity index (χ3n) is 2.37. The van der Waals surface area contributed by atoms with E-state index in [1.165, 1.54) is 0 Å².